The van der Waals surface area contributed by atoms with Crippen LogP contribution in [0.1, 0.15) is 0 Å². The van der Waals surface area contributed by atoms with Gasteiger partial charge in [-0.3, -0.25) is 0 Å². The van der Waals surface area contributed by atoms with E-state index < -0.39 is 20.0 Å². The summed E-state index contributed by atoms with van der Waals surface area (Å²) in [6, 6.07) is 10.5. The Morgan fingerprint density at radius 2 is 0.957 bits per heavy atom. The number of sulfonamides is 2. The summed E-state index contributed by atoms with van der Waals surface area (Å²) >= 11 is 0. The van der Waals surface area contributed by atoms with Crippen molar-refractivity contribution in [1.29, 1.82) is 0 Å². The van der Waals surface area contributed by atoms with Gasteiger partial charge < -0.3 is 9.47 Å². The van der Waals surface area contributed by atoms with Crippen LogP contribution in [0, 0.1) is 0 Å². The van der Waals surface area contributed by atoms with Crippen molar-refractivity contribution < 1.29 is 26.3 Å². The molecule has 2 aromatic rings. The van der Waals surface area contributed by atoms with Gasteiger partial charge in [-0.25, -0.2) is 16.8 Å². The second-order valence-electron chi connectivity index (χ2n) is 4.38. The van der Waals surface area contributed by atoms with Crippen molar-refractivity contribution in [2.45, 2.75) is 9.79 Å². The lowest BCUT2D eigenvalue weighted by molar-refractivity contribution is 0.414. The molecule has 7 nitrogen and oxygen atoms in total. The third kappa shape index (κ3) is 4.01. The maximum Gasteiger partial charge on any atom is 0.271 e. The molecular formula is C14H14NO6S2. The molecule has 0 atom stereocenters. The van der Waals surface area contributed by atoms with E-state index in [0.29, 0.717) is 11.5 Å². The highest BCUT2D eigenvalue weighted by Crippen LogP contribution is 2.20. The van der Waals surface area contributed by atoms with Crippen LogP contribution in [0.3, 0.4) is 0 Å². The zero-order valence-electron chi connectivity index (χ0n) is 12.3. The molecule has 0 unspecified atom stereocenters. The van der Waals surface area contributed by atoms with Gasteiger partial charge >= 0.3 is 0 Å². The van der Waals surface area contributed by atoms with Gasteiger partial charge in [0.25, 0.3) is 20.0 Å². The molecule has 0 heterocycles. The van der Waals surface area contributed by atoms with Gasteiger partial charge in [0.1, 0.15) is 11.5 Å². The first-order valence-electron chi connectivity index (χ1n) is 6.31. The van der Waals surface area contributed by atoms with E-state index in [1.807, 2.05) is 0 Å². The Labute approximate surface area is 135 Å². The molecule has 1 radical (unpaired) electrons. The summed E-state index contributed by atoms with van der Waals surface area (Å²) in [6.07, 6.45) is 0. The van der Waals surface area contributed by atoms with Gasteiger partial charge in [-0.15, -0.1) is 0 Å². The maximum absolute atomic E-state index is 12.1. The fourth-order valence-corrected chi connectivity index (χ4v) is 4.39. The Hall–Kier alpha value is -2.10. The van der Waals surface area contributed by atoms with Crippen LogP contribution in [0.4, 0.5) is 0 Å². The molecular weight excluding hydrogens is 342 g/mol. The van der Waals surface area contributed by atoms with Gasteiger partial charge in [-0.1, -0.05) is 0 Å². The first kappa shape index (κ1) is 17.3. The Bertz CT molecular complexity index is 796. The highest BCUT2D eigenvalue weighted by Gasteiger charge is 2.27. The Kier molecular flexibility index (Phi) is 4.93. The van der Waals surface area contributed by atoms with Gasteiger partial charge in [0.2, 0.25) is 0 Å². The Morgan fingerprint density at radius 1 is 0.652 bits per heavy atom. The summed E-state index contributed by atoms with van der Waals surface area (Å²) in [5, 5.41) is 0. The molecule has 9 heteroatoms. The molecule has 0 amide bonds. The Morgan fingerprint density at radius 3 is 1.22 bits per heavy atom. The second kappa shape index (κ2) is 6.57. The van der Waals surface area contributed by atoms with E-state index in [4.69, 9.17) is 9.47 Å². The number of ether oxygens (including phenoxy) is 2. The normalized spacial score (nSPS) is 11.9. The smallest absolute Gasteiger partial charge is 0.271 e. The number of nitrogens with zero attached hydrogens (tertiary/aromatic N) is 1. The second-order valence-corrected chi connectivity index (χ2v) is 7.82. The van der Waals surface area contributed by atoms with E-state index in [-0.39, 0.29) is 9.79 Å². The van der Waals surface area contributed by atoms with E-state index in [0.717, 1.165) is 0 Å². The van der Waals surface area contributed by atoms with Crippen molar-refractivity contribution in [3.63, 3.8) is 0 Å². The molecule has 0 aromatic heterocycles. The number of methoxy groups -OCH3 is 2. The summed E-state index contributed by atoms with van der Waals surface area (Å²) in [6.45, 7) is 0. The van der Waals surface area contributed by atoms with Crippen LogP contribution in [0.5, 0.6) is 11.5 Å². The minimum Gasteiger partial charge on any atom is -0.497 e. The van der Waals surface area contributed by atoms with E-state index in [2.05, 4.69) is 4.13 Å². The first-order chi connectivity index (χ1) is 10.8. The van der Waals surface area contributed by atoms with Crippen molar-refractivity contribution in [2.24, 2.45) is 0 Å². The average Bonchev–Trinajstić information content (AvgIpc) is 2.54. The lowest BCUT2D eigenvalue weighted by Gasteiger charge is -2.07. The quantitative estimate of drug-likeness (QED) is 0.775. The van der Waals surface area contributed by atoms with E-state index in [1.165, 1.54) is 62.8 Å². The maximum atomic E-state index is 12.1. The molecule has 0 aliphatic heterocycles. The minimum atomic E-state index is -4.36. The molecule has 0 fully saturated rings. The van der Waals surface area contributed by atoms with Gasteiger partial charge in [-0.05, 0) is 48.5 Å². The molecule has 0 saturated heterocycles. The molecule has 23 heavy (non-hydrogen) atoms. The van der Waals surface area contributed by atoms with Gasteiger partial charge in [-0.2, -0.15) is 0 Å². The molecule has 2 rings (SSSR count). The van der Waals surface area contributed by atoms with Crippen molar-refractivity contribution in [2.75, 3.05) is 14.2 Å². The number of hydrogen-bond acceptors (Lipinski definition) is 6. The van der Waals surface area contributed by atoms with Crippen molar-refractivity contribution >= 4 is 20.0 Å². The van der Waals surface area contributed by atoms with Crippen LogP contribution >= 0.6 is 0 Å². The van der Waals surface area contributed by atoms with E-state index >= 15 is 0 Å². The molecule has 0 aliphatic carbocycles. The first-order valence-corrected chi connectivity index (χ1v) is 9.19. The third-order valence-corrected chi connectivity index (χ3v) is 6.22. The number of rotatable bonds is 6. The van der Waals surface area contributed by atoms with Crippen molar-refractivity contribution in [1.82, 2.24) is 4.13 Å². The van der Waals surface area contributed by atoms with Gasteiger partial charge in [0.15, 0.2) is 0 Å². The van der Waals surface area contributed by atoms with E-state index in [9.17, 15) is 16.8 Å². The predicted octanol–water partition coefficient (Wildman–Crippen LogP) is 1.39. The van der Waals surface area contributed by atoms with Crippen LogP contribution in [0.15, 0.2) is 58.3 Å². The van der Waals surface area contributed by atoms with Crippen LogP contribution in [-0.4, -0.2) is 31.1 Å². The topological polar surface area (TPSA) is 101 Å². The standard InChI is InChI=1S/C14H14NO6S2/c1-20-11-3-7-13(8-4-11)22(16,17)15-23(18,19)14-9-5-12(21-2)6-10-14/h3-10H,1-2H3. The molecule has 0 saturated carbocycles. The van der Waals surface area contributed by atoms with Crippen molar-refractivity contribution in [3.05, 3.63) is 48.5 Å². The molecule has 0 N–H and O–H groups in total. The molecule has 0 spiro atoms. The lowest BCUT2D eigenvalue weighted by atomic mass is 10.3. The molecule has 2 aromatic carbocycles. The fourth-order valence-electron chi connectivity index (χ4n) is 1.71. The SMILES string of the molecule is COc1ccc(S(=O)(=O)[N]S(=O)(=O)c2ccc(OC)cc2)cc1. The summed E-state index contributed by atoms with van der Waals surface area (Å²) in [5.74, 6) is 0.893. The summed E-state index contributed by atoms with van der Waals surface area (Å²) < 4.78 is 61.4. The zero-order valence-corrected chi connectivity index (χ0v) is 14.0. The van der Waals surface area contributed by atoms with Crippen molar-refractivity contribution in [3.8, 4) is 11.5 Å². The summed E-state index contributed by atoms with van der Waals surface area (Å²) in [7, 11) is -5.85. The highest BCUT2D eigenvalue weighted by molar-refractivity contribution is 8.04. The van der Waals surface area contributed by atoms with Crippen LogP contribution in [0.25, 0.3) is 0 Å². The van der Waals surface area contributed by atoms with Gasteiger partial charge in [0, 0.05) is 4.13 Å². The fraction of sp³-hybridized carbons (Fsp3) is 0.143. The van der Waals surface area contributed by atoms with Crippen LogP contribution in [0.2, 0.25) is 0 Å². The molecule has 123 valence electrons. The predicted molar refractivity (Wildman–Crippen MR) is 82.5 cm³/mol. The zero-order chi connectivity index (χ0) is 17.1. The van der Waals surface area contributed by atoms with E-state index in [1.54, 1.807) is 0 Å². The number of hydrogen-bond donors (Lipinski definition) is 0. The van der Waals surface area contributed by atoms with Gasteiger partial charge in [0.05, 0.1) is 24.0 Å². The largest absolute Gasteiger partial charge is 0.497 e. The highest BCUT2D eigenvalue weighted by atomic mass is 32.3. The third-order valence-electron chi connectivity index (χ3n) is 2.91. The molecule has 0 bridgehead atoms. The minimum absolute atomic E-state index is 0.240. The lowest BCUT2D eigenvalue weighted by Crippen LogP contribution is -2.23. The van der Waals surface area contributed by atoms with Crippen LogP contribution < -0.4 is 13.6 Å². The number of benzene rings is 2. The molecule has 0 aliphatic rings. The average molecular weight is 356 g/mol. The summed E-state index contributed by atoms with van der Waals surface area (Å²) in [4.78, 5) is -0.481. The Balaban J connectivity index is 2.29. The summed E-state index contributed by atoms with van der Waals surface area (Å²) in [5.41, 5.74) is 0. The van der Waals surface area contributed by atoms with Crippen LogP contribution in [-0.2, 0) is 20.0 Å². The monoisotopic (exact) mass is 356 g/mol.